The third kappa shape index (κ3) is 3.52. The minimum absolute atomic E-state index is 0.0819. The van der Waals surface area contributed by atoms with Gasteiger partial charge in [0.25, 0.3) is 0 Å². The molecule has 0 atom stereocenters. The Labute approximate surface area is 104 Å². The highest BCUT2D eigenvalue weighted by Crippen LogP contribution is 2.12. The Hall–Kier alpha value is -0.490. The summed E-state index contributed by atoms with van der Waals surface area (Å²) in [4.78, 5) is 4.05. The molecule has 16 heavy (non-hydrogen) atoms. The van der Waals surface area contributed by atoms with Gasteiger partial charge in [-0.2, -0.15) is 0 Å². The van der Waals surface area contributed by atoms with Crippen molar-refractivity contribution < 1.29 is 10.2 Å². The SMILES string of the molecule is CCC(CO)(CO)NCc1cncc(Br)c1. The molecule has 1 heterocycles. The summed E-state index contributed by atoms with van der Waals surface area (Å²) in [6, 6.07) is 1.95. The van der Waals surface area contributed by atoms with E-state index in [0.29, 0.717) is 13.0 Å². The second-order valence-corrected chi connectivity index (χ2v) is 4.73. The molecule has 1 aromatic rings. The van der Waals surface area contributed by atoms with Gasteiger partial charge in [0.2, 0.25) is 0 Å². The predicted molar refractivity (Wildman–Crippen MR) is 66.0 cm³/mol. The van der Waals surface area contributed by atoms with Gasteiger partial charge in [-0.1, -0.05) is 6.92 Å². The molecule has 0 aliphatic heterocycles. The van der Waals surface area contributed by atoms with Crippen LogP contribution < -0.4 is 5.32 Å². The van der Waals surface area contributed by atoms with Crippen molar-refractivity contribution in [3.63, 3.8) is 0 Å². The monoisotopic (exact) mass is 288 g/mol. The Morgan fingerprint density at radius 1 is 1.38 bits per heavy atom. The molecule has 0 saturated heterocycles. The molecule has 0 aromatic carbocycles. The van der Waals surface area contributed by atoms with Crippen LogP contribution in [0.1, 0.15) is 18.9 Å². The van der Waals surface area contributed by atoms with E-state index in [-0.39, 0.29) is 13.2 Å². The van der Waals surface area contributed by atoms with E-state index < -0.39 is 5.54 Å². The zero-order chi connectivity index (χ0) is 12.0. The normalized spacial score (nSPS) is 11.8. The van der Waals surface area contributed by atoms with E-state index in [1.165, 1.54) is 0 Å². The maximum Gasteiger partial charge on any atom is 0.0648 e. The number of aliphatic hydroxyl groups is 2. The van der Waals surface area contributed by atoms with Gasteiger partial charge >= 0.3 is 0 Å². The number of hydrogen-bond acceptors (Lipinski definition) is 4. The Balaban J connectivity index is 2.62. The maximum absolute atomic E-state index is 9.26. The number of halogens is 1. The molecule has 1 rings (SSSR count). The number of pyridine rings is 1. The summed E-state index contributed by atoms with van der Waals surface area (Å²) in [6.45, 7) is 2.34. The van der Waals surface area contributed by atoms with Crippen molar-refractivity contribution in [2.24, 2.45) is 0 Å². The fourth-order valence-electron chi connectivity index (χ4n) is 1.35. The van der Waals surface area contributed by atoms with Gasteiger partial charge in [0.15, 0.2) is 0 Å². The lowest BCUT2D eigenvalue weighted by Gasteiger charge is -2.29. The first kappa shape index (κ1) is 13.6. The van der Waals surface area contributed by atoms with Crippen molar-refractivity contribution in [3.8, 4) is 0 Å². The molecule has 0 aliphatic rings. The molecule has 0 saturated carbocycles. The van der Waals surface area contributed by atoms with Crippen molar-refractivity contribution in [2.75, 3.05) is 13.2 Å². The van der Waals surface area contributed by atoms with Gasteiger partial charge in [-0.05, 0) is 34.0 Å². The van der Waals surface area contributed by atoms with Crippen LogP contribution in [0.3, 0.4) is 0 Å². The molecule has 0 aliphatic carbocycles. The zero-order valence-corrected chi connectivity index (χ0v) is 10.9. The third-order valence-electron chi connectivity index (χ3n) is 2.71. The van der Waals surface area contributed by atoms with E-state index in [1.807, 2.05) is 13.0 Å². The molecule has 0 bridgehead atoms. The van der Waals surface area contributed by atoms with Crippen LogP contribution in [0.2, 0.25) is 0 Å². The average Bonchev–Trinajstić information content (AvgIpc) is 2.32. The van der Waals surface area contributed by atoms with Gasteiger partial charge < -0.3 is 15.5 Å². The van der Waals surface area contributed by atoms with Gasteiger partial charge in [-0.15, -0.1) is 0 Å². The van der Waals surface area contributed by atoms with Gasteiger partial charge in [0.1, 0.15) is 0 Å². The largest absolute Gasteiger partial charge is 0.394 e. The highest BCUT2D eigenvalue weighted by molar-refractivity contribution is 9.10. The number of aliphatic hydroxyl groups excluding tert-OH is 2. The maximum atomic E-state index is 9.26. The van der Waals surface area contributed by atoms with Crippen molar-refractivity contribution in [3.05, 3.63) is 28.5 Å². The summed E-state index contributed by atoms with van der Waals surface area (Å²) in [7, 11) is 0. The van der Waals surface area contributed by atoms with Gasteiger partial charge in [-0.25, -0.2) is 0 Å². The van der Waals surface area contributed by atoms with Crippen molar-refractivity contribution in [1.29, 1.82) is 0 Å². The molecule has 0 fully saturated rings. The van der Waals surface area contributed by atoms with Crippen LogP contribution in [0.15, 0.2) is 22.9 Å². The van der Waals surface area contributed by atoms with Crippen molar-refractivity contribution >= 4 is 15.9 Å². The molecular formula is C11H17BrN2O2. The van der Waals surface area contributed by atoms with Gasteiger partial charge in [-0.3, -0.25) is 4.98 Å². The predicted octanol–water partition coefficient (Wildman–Crippen LogP) is 1.07. The molecule has 5 heteroatoms. The second-order valence-electron chi connectivity index (χ2n) is 3.82. The topological polar surface area (TPSA) is 65.4 Å². The molecule has 0 unspecified atom stereocenters. The average molecular weight is 289 g/mol. The van der Waals surface area contributed by atoms with Gasteiger partial charge in [0.05, 0.1) is 18.8 Å². The number of aromatic nitrogens is 1. The number of nitrogens with zero attached hydrogens (tertiary/aromatic N) is 1. The lowest BCUT2D eigenvalue weighted by atomic mass is 9.98. The molecule has 0 radical (unpaired) electrons. The van der Waals surface area contributed by atoms with E-state index >= 15 is 0 Å². The summed E-state index contributed by atoms with van der Waals surface area (Å²) in [5.74, 6) is 0. The lowest BCUT2D eigenvalue weighted by molar-refractivity contribution is 0.0864. The van der Waals surface area contributed by atoms with E-state index in [9.17, 15) is 10.2 Å². The molecule has 0 amide bonds. The van der Waals surface area contributed by atoms with E-state index in [1.54, 1.807) is 12.4 Å². The Bertz CT molecular complexity index is 321. The van der Waals surface area contributed by atoms with Crippen molar-refractivity contribution in [2.45, 2.75) is 25.4 Å². The van der Waals surface area contributed by atoms with Crippen molar-refractivity contribution in [1.82, 2.24) is 10.3 Å². The quantitative estimate of drug-likeness (QED) is 0.733. The first-order valence-corrected chi connectivity index (χ1v) is 6.01. The first-order valence-electron chi connectivity index (χ1n) is 5.22. The summed E-state index contributed by atoms with van der Waals surface area (Å²) in [6.07, 6.45) is 4.14. The Morgan fingerprint density at radius 3 is 2.56 bits per heavy atom. The summed E-state index contributed by atoms with van der Waals surface area (Å²) in [5.41, 5.74) is 0.400. The molecule has 1 aromatic heterocycles. The van der Waals surface area contributed by atoms with Crippen LogP contribution >= 0.6 is 15.9 Å². The third-order valence-corrected chi connectivity index (χ3v) is 3.14. The van der Waals surface area contributed by atoms with Crippen LogP contribution in [0, 0.1) is 0 Å². The van der Waals surface area contributed by atoms with Crippen LogP contribution in [0.5, 0.6) is 0 Å². The van der Waals surface area contributed by atoms with E-state index in [0.717, 1.165) is 10.0 Å². The van der Waals surface area contributed by atoms with E-state index in [4.69, 9.17) is 0 Å². The minimum atomic E-state index is -0.609. The number of nitrogens with one attached hydrogen (secondary N) is 1. The highest BCUT2D eigenvalue weighted by atomic mass is 79.9. The Kier molecular flexibility index (Phi) is 5.34. The Morgan fingerprint density at radius 2 is 2.06 bits per heavy atom. The number of rotatable bonds is 6. The highest BCUT2D eigenvalue weighted by Gasteiger charge is 2.25. The molecular weight excluding hydrogens is 272 g/mol. The zero-order valence-electron chi connectivity index (χ0n) is 9.28. The molecule has 0 spiro atoms. The first-order chi connectivity index (χ1) is 7.65. The summed E-state index contributed by atoms with van der Waals surface area (Å²) in [5, 5.41) is 21.7. The van der Waals surface area contributed by atoms with Crippen LogP contribution in [-0.2, 0) is 6.54 Å². The summed E-state index contributed by atoms with van der Waals surface area (Å²) >= 11 is 3.34. The van der Waals surface area contributed by atoms with Crippen LogP contribution in [0.4, 0.5) is 0 Å². The molecule has 3 N–H and O–H groups in total. The lowest BCUT2D eigenvalue weighted by Crippen LogP contribution is -2.50. The summed E-state index contributed by atoms with van der Waals surface area (Å²) < 4.78 is 0.918. The fraction of sp³-hybridized carbons (Fsp3) is 0.545. The molecule has 4 nitrogen and oxygen atoms in total. The van der Waals surface area contributed by atoms with Gasteiger partial charge in [0, 0.05) is 23.4 Å². The fourth-order valence-corrected chi connectivity index (χ4v) is 1.76. The smallest absolute Gasteiger partial charge is 0.0648 e. The van der Waals surface area contributed by atoms with E-state index in [2.05, 4.69) is 26.2 Å². The van der Waals surface area contributed by atoms with Crippen LogP contribution in [0.25, 0.3) is 0 Å². The molecule has 90 valence electrons. The second kappa shape index (κ2) is 6.30. The number of hydrogen-bond donors (Lipinski definition) is 3. The standard InChI is InChI=1S/C11H17BrN2O2/c1-2-11(7-15,8-16)14-5-9-3-10(12)6-13-4-9/h3-4,6,14-16H,2,5,7-8H2,1H3. The van der Waals surface area contributed by atoms with Crippen LogP contribution in [-0.4, -0.2) is 33.9 Å². The minimum Gasteiger partial charge on any atom is -0.394 e.